The molecule has 1 heterocycles. The topological polar surface area (TPSA) is 55.6 Å². The van der Waals surface area contributed by atoms with E-state index in [1.165, 1.54) is 12.0 Å². The van der Waals surface area contributed by atoms with Crippen LogP contribution in [0.15, 0.2) is 22.6 Å². The number of benzene rings is 1. The fourth-order valence-corrected chi connectivity index (χ4v) is 1.48. The number of methoxy groups -OCH3 is 1. The number of carbonyl (C=O) groups is 1. The predicted molar refractivity (Wildman–Crippen MR) is 59.6 cm³/mol. The van der Waals surface area contributed by atoms with Gasteiger partial charge in [-0.2, -0.15) is 0 Å². The molecule has 0 radical (unpaired) electrons. The molecule has 1 amide bonds. The molecular formula is C11H12N2O3. The van der Waals surface area contributed by atoms with Gasteiger partial charge in [-0.3, -0.25) is 4.90 Å². The zero-order valence-corrected chi connectivity index (χ0v) is 9.35. The molecule has 0 atom stereocenters. The molecule has 0 spiro atoms. The second-order valence-electron chi connectivity index (χ2n) is 3.41. The number of ether oxygens (including phenoxy) is 1. The highest BCUT2D eigenvalue weighted by Crippen LogP contribution is 2.22. The fraction of sp³-hybridized carbons (Fsp3) is 0.273. The molecule has 5 nitrogen and oxygen atoms in total. The van der Waals surface area contributed by atoms with E-state index in [0.29, 0.717) is 17.2 Å². The molecule has 0 fully saturated rings. The van der Waals surface area contributed by atoms with Crippen molar-refractivity contribution in [1.29, 1.82) is 0 Å². The lowest BCUT2D eigenvalue weighted by Gasteiger charge is -2.14. The highest BCUT2D eigenvalue weighted by molar-refractivity contribution is 5.89. The number of amides is 1. The van der Waals surface area contributed by atoms with Crippen LogP contribution in [0, 0.1) is 6.92 Å². The van der Waals surface area contributed by atoms with Gasteiger partial charge < -0.3 is 9.15 Å². The number of aryl methyl sites for hydroxylation is 1. The second-order valence-corrected chi connectivity index (χ2v) is 3.41. The summed E-state index contributed by atoms with van der Waals surface area (Å²) < 4.78 is 9.97. The van der Waals surface area contributed by atoms with E-state index in [1.807, 2.05) is 0 Å². The van der Waals surface area contributed by atoms with Crippen LogP contribution in [0.3, 0.4) is 0 Å². The normalized spacial score (nSPS) is 10.4. The summed E-state index contributed by atoms with van der Waals surface area (Å²) in [5.41, 5.74) is 2.15. The van der Waals surface area contributed by atoms with Crippen LogP contribution in [0.25, 0.3) is 11.1 Å². The van der Waals surface area contributed by atoms with E-state index >= 15 is 0 Å². The lowest BCUT2D eigenvalue weighted by atomic mass is 10.3. The van der Waals surface area contributed by atoms with E-state index in [2.05, 4.69) is 9.72 Å². The SMILES string of the molecule is COC(=O)N(C)c1ccc2oc(C)nc2c1. The molecule has 84 valence electrons. The van der Waals surface area contributed by atoms with Crippen molar-refractivity contribution >= 4 is 22.9 Å². The van der Waals surface area contributed by atoms with E-state index in [9.17, 15) is 4.79 Å². The van der Waals surface area contributed by atoms with Crippen molar-refractivity contribution in [3.05, 3.63) is 24.1 Å². The third-order valence-corrected chi connectivity index (χ3v) is 2.31. The van der Waals surface area contributed by atoms with Gasteiger partial charge in [0.2, 0.25) is 0 Å². The van der Waals surface area contributed by atoms with Crippen LogP contribution in [0.1, 0.15) is 5.89 Å². The molecule has 0 aliphatic carbocycles. The van der Waals surface area contributed by atoms with Gasteiger partial charge >= 0.3 is 6.09 Å². The monoisotopic (exact) mass is 220 g/mol. The minimum Gasteiger partial charge on any atom is -0.452 e. The van der Waals surface area contributed by atoms with Gasteiger partial charge in [-0.1, -0.05) is 0 Å². The molecule has 2 rings (SSSR count). The third kappa shape index (κ3) is 1.71. The zero-order valence-electron chi connectivity index (χ0n) is 9.35. The minimum atomic E-state index is -0.417. The van der Waals surface area contributed by atoms with E-state index in [1.54, 1.807) is 32.2 Å². The first-order valence-corrected chi connectivity index (χ1v) is 4.80. The maximum Gasteiger partial charge on any atom is 0.413 e. The molecule has 0 aliphatic rings. The Hall–Kier alpha value is -2.04. The number of carbonyl (C=O) groups excluding carboxylic acids is 1. The molecule has 0 saturated carbocycles. The number of anilines is 1. The third-order valence-electron chi connectivity index (χ3n) is 2.31. The zero-order chi connectivity index (χ0) is 11.7. The van der Waals surface area contributed by atoms with Crippen LogP contribution in [-0.2, 0) is 4.74 Å². The Bertz CT molecular complexity index is 533. The smallest absolute Gasteiger partial charge is 0.413 e. The Labute approximate surface area is 92.6 Å². The van der Waals surface area contributed by atoms with Crippen molar-refractivity contribution < 1.29 is 13.9 Å². The first kappa shape index (κ1) is 10.5. The van der Waals surface area contributed by atoms with Crippen LogP contribution in [0.5, 0.6) is 0 Å². The van der Waals surface area contributed by atoms with Crippen molar-refractivity contribution in [2.45, 2.75) is 6.92 Å². The van der Waals surface area contributed by atoms with E-state index in [4.69, 9.17) is 4.42 Å². The summed E-state index contributed by atoms with van der Waals surface area (Å²) in [5, 5.41) is 0. The lowest BCUT2D eigenvalue weighted by molar-refractivity contribution is 0.180. The molecule has 1 aromatic carbocycles. The summed E-state index contributed by atoms with van der Waals surface area (Å²) in [6.45, 7) is 1.78. The summed E-state index contributed by atoms with van der Waals surface area (Å²) in [7, 11) is 2.98. The van der Waals surface area contributed by atoms with Crippen LogP contribution < -0.4 is 4.90 Å². The van der Waals surface area contributed by atoms with E-state index in [0.717, 1.165) is 5.52 Å². The van der Waals surface area contributed by atoms with Gasteiger partial charge in [0.05, 0.1) is 7.11 Å². The number of rotatable bonds is 1. The van der Waals surface area contributed by atoms with Gasteiger partial charge in [0.25, 0.3) is 0 Å². The van der Waals surface area contributed by atoms with Gasteiger partial charge in [-0.05, 0) is 18.2 Å². The average molecular weight is 220 g/mol. The number of fused-ring (bicyclic) bond motifs is 1. The number of nitrogens with zero attached hydrogens (tertiary/aromatic N) is 2. The molecule has 0 aliphatic heterocycles. The first-order chi connectivity index (χ1) is 7.61. The van der Waals surface area contributed by atoms with Gasteiger partial charge in [0, 0.05) is 19.7 Å². The molecule has 1 aromatic heterocycles. The summed E-state index contributed by atoms with van der Waals surface area (Å²) in [6.07, 6.45) is -0.417. The molecule has 16 heavy (non-hydrogen) atoms. The minimum absolute atomic E-state index is 0.417. The maximum atomic E-state index is 11.3. The van der Waals surface area contributed by atoms with Crippen LogP contribution in [0.4, 0.5) is 10.5 Å². The molecule has 2 aromatic rings. The van der Waals surface area contributed by atoms with Crippen molar-refractivity contribution in [2.75, 3.05) is 19.1 Å². The van der Waals surface area contributed by atoms with Gasteiger partial charge in [0.15, 0.2) is 11.5 Å². The molecule has 0 bridgehead atoms. The molecular weight excluding hydrogens is 208 g/mol. The second kappa shape index (κ2) is 3.84. The van der Waals surface area contributed by atoms with Crippen LogP contribution in [-0.4, -0.2) is 25.2 Å². The van der Waals surface area contributed by atoms with E-state index < -0.39 is 6.09 Å². The number of hydrogen-bond donors (Lipinski definition) is 0. The predicted octanol–water partition coefficient (Wildman–Crippen LogP) is 2.34. The number of oxazole rings is 1. The number of aromatic nitrogens is 1. The van der Waals surface area contributed by atoms with Gasteiger partial charge in [-0.15, -0.1) is 0 Å². The summed E-state index contributed by atoms with van der Waals surface area (Å²) in [6, 6.07) is 5.34. The largest absolute Gasteiger partial charge is 0.452 e. The molecule has 0 unspecified atom stereocenters. The maximum absolute atomic E-state index is 11.3. The Morgan fingerprint density at radius 2 is 2.25 bits per heavy atom. The van der Waals surface area contributed by atoms with Crippen molar-refractivity contribution in [3.8, 4) is 0 Å². The Morgan fingerprint density at radius 1 is 1.50 bits per heavy atom. The van der Waals surface area contributed by atoms with Gasteiger partial charge in [-0.25, -0.2) is 9.78 Å². The highest BCUT2D eigenvalue weighted by Gasteiger charge is 2.12. The van der Waals surface area contributed by atoms with Crippen molar-refractivity contribution in [2.24, 2.45) is 0 Å². The van der Waals surface area contributed by atoms with Crippen LogP contribution >= 0.6 is 0 Å². The summed E-state index contributed by atoms with van der Waals surface area (Å²) in [5.74, 6) is 0.605. The average Bonchev–Trinajstić information content (AvgIpc) is 2.65. The van der Waals surface area contributed by atoms with Crippen molar-refractivity contribution in [1.82, 2.24) is 4.98 Å². The summed E-state index contributed by atoms with van der Waals surface area (Å²) >= 11 is 0. The van der Waals surface area contributed by atoms with Crippen LogP contribution in [0.2, 0.25) is 0 Å². The number of hydrogen-bond acceptors (Lipinski definition) is 4. The Balaban J connectivity index is 2.42. The molecule has 0 N–H and O–H groups in total. The fourth-order valence-electron chi connectivity index (χ4n) is 1.48. The molecule has 0 saturated heterocycles. The summed E-state index contributed by atoms with van der Waals surface area (Å²) in [4.78, 5) is 16.9. The Kier molecular flexibility index (Phi) is 2.52. The molecule has 5 heteroatoms. The Morgan fingerprint density at radius 3 is 2.94 bits per heavy atom. The lowest BCUT2D eigenvalue weighted by Crippen LogP contribution is -2.25. The van der Waals surface area contributed by atoms with Crippen molar-refractivity contribution in [3.63, 3.8) is 0 Å². The highest BCUT2D eigenvalue weighted by atomic mass is 16.5. The quantitative estimate of drug-likeness (QED) is 0.740. The van der Waals surface area contributed by atoms with E-state index in [-0.39, 0.29) is 0 Å². The standard InChI is InChI=1S/C11H12N2O3/c1-7-12-9-6-8(4-5-10(9)16-7)13(2)11(14)15-3/h4-6H,1-3H3. The van der Waals surface area contributed by atoms with Gasteiger partial charge in [0.1, 0.15) is 5.52 Å². The first-order valence-electron chi connectivity index (χ1n) is 4.80.